The molecule has 1 aromatic heterocycles. The minimum Gasteiger partial charge on any atom is -0.467 e. The lowest BCUT2D eigenvalue weighted by Gasteiger charge is -1.98. The molecule has 1 heterocycles. The van der Waals surface area contributed by atoms with Crippen molar-refractivity contribution >= 4 is 11.6 Å². The highest BCUT2D eigenvalue weighted by Gasteiger charge is 2.13. The predicted octanol–water partition coefficient (Wildman–Crippen LogP) is 3.31. The van der Waals surface area contributed by atoms with E-state index in [-0.39, 0.29) is 0 Å². The van der Waals surface area contributed by atoms with E-state index in [1.807, 2.05) is 12.1 Å². The summed E-state index contributed by atoms with van der Waals surface area (Å²) in [6.07, 6.45) is 0. The van der Waals surface area contributed by atoms with Crippen molar-refractivity contribution in [2.75, 3.05) is 7.11 Å². The van der Waals surface area contributed by atoms with E-state index in [9.17, 15) is 0 Å². The third-order valence-corrected chi connectivity index (χ3v) is 2.26. The van der Waals surface area contributed by atoms with Gasteiger partial charge >= 0.3 is 5.95 Å². The van der Waals surface area contributed by atoms with Crippen molar-refractivity contribution in [1.29, 1.82) is 0 Å². The molecule has 0 saturated heterocycles. The second kappa shape index (κ2) is 3.95. The zero-order chi connectivity index (χ0) is 10.8. The lowest BCUT2D eigenvalue weighted by atomic mass is 10.2. The largest absolute Gasteiger partial charge is 0.467 e. The highest BCUT2D eigenvalue weighted by atomic mass is 35.5. The summed E-state index contributed by atoms with van der Waals surface area (Å²) in [5, 5.41) is 0.693. The van der Waals surface area contributed by atoms with Gasteiger partial charge in [-0.3, -0.25) is 0 Å². The standard InChI is InChI=1S/C11H10ClNO2/c1-7-13-10(11(14-2)15-7)8-3-5-9(12)6-4-8/h3-6H,1-2H3. The topological polar surface area (TPSA) is 35.3 Å². The van der Waals surface area contributed by atoms with E-state index in [4.69, 9.17) is 20.8 Å². The Morgan fingerprint density at radius 3 is 2.53 bits per heavy atom. The van der Waals surface area contributed by atoms with Gasteiger partial charge in [0.1, 0.15) is 0 Å². The molecule has 2 aromatic rings. The maximum atomic E-state index is 5.80. The number of oxazole rings is 1. The molecule has 0 bridgehead atoms. The Balaban J connectivity index is 2.48. The Bertz CT molecular complexity index is 462. The van der Waals surface area contributed by atoms with Crippen LogP contribution in [0.5, 0.6) is 5.95 Å². The van der Waals surface area contributed by atoms with Crippen molar-refractivity contribution in [3.63, 3.8) is 0 Å². The van der Waals surface area contributed by atoms with Crippen LogP contribution in [0.15, 0.2) is 28.7 Å². The third kappa shape index (κ3) is 1.97. The molecule has 2 rings (SSSR count). The average Bonchev–Trinajstić information content (AvgIpc) is 2.61. The van der Waals surface area contributed by atoms with Crippen LogP contribution in [0.25, 0.3) is 11.3 Å². The molecule has 0 unspecified atom stereocenters. The maximum Gasteiger partial charge on any atom is 0.313 e. The van der Waals surface area contributed by atoms with E-state index in [1.54, 1.807) is 26.2 Å². The van der Waals surface area contributed by atoms with Gasteiger partial charge in [0.15, 0.2) is 11.6 Å². The smallest absolute Gasteiger partial charge is 0.313 e. The summed E-state index contributed by atoms with van der Waals surface area (Å²) in [5.74, 6) is 1.01. The van der Waals surface area contributed by atoms with E-state index in [1.165, 1.54) is 0 Å². The fraction of sp³-hybridized carbons (Fsp3) is 0.182. The number of benzene rings is 1. The fourth-order valence-corrected chi connectivity index (χ4v) is 1.46. The van der Waals surface area contributed by atoms with Crippen molar-refractivity contribution < 1.29 is 9.15 Å². The Kier molecular flexibility index (Phi) is 2.64. The van der Waals surface area contributed by atoms with E-state index in [2.05, 4.69) is 4.98 Å². The number of nitrogens with zero attached hydrogens (tertiary/aromatic N) is 1. The van der Waals surface area contributed by atoms with Gasteiger partial charge in [0, 0.05) is 17.5 Å². The molecule has 4 heteroatoms. The van der Waals surface area contributed by atoms with Crippen molar-refractivity contribution in [2.45, 2.75) is 6.92 Å². The third-order valence-electron chi connectivity index (χ3n) is 2.01. The number of aryl methyl sites for hydroxylation is 1. The van der Waals surface area contributed by atoms with Gasteiger partial charge in [-0.15, -0.1) is 0 Å². The predicted molar refractivity (Wildman–Crippen MR) is 58.2 cm³/mol. The van der Waals surface area contributed by atoms with Crippen LogP contribution in [0.3, 0.4) is 0 Å². The van der Waals surface area contributed by atoms with Crippen LogP contribution in [0.1, 0.15) is 5.89 Å². The Morgan fingerprint density at radius 1 is 1.27 bits per heavy atom. The molecule has 3 nitrogen and oxygen atoms in total. The number of hydrogen-bond acceptors (Lipinski definition) is 3. The Morgan fingerprint density at radius 2 is 1.93 bits per heavy atom. The highest BCUT2D eigenvalue weighted by Crippen LogP contribution is 2.30. The van der Waals surface area contributed by atoms with Gasteiger partial charge in [-0.2, -0.15) is 0 Å². The first-order valence-corrected chi connectivity index (χ1v) is 4.86. The lowest BCUT2D eigenvalue weighted by Crippen LogP contribution is -1.84. The minimum absolute atomic E-state index is 0.426. The van der Waals surface area contributed by atoms with Gasteiger partial charge in [-0.25, -0.2) is 4.98 Å². The van der Waals surface area contributed by atoms with E-state index in [0.29, 0.717) is 22.6 Å². The van der Waals surface area contributed by atoms with Crippen LogP contribution < -0.4 is 4.74 Å². The summed E-state index contributed by atoms with van der Waals surface area (Å²) in [6, 6.07) is 7.37. The zero-order valence-corrected chi connectivity index (χ0v) is 9.21. The minimum atomic E-state index is 0.426. The van der Waals surface area contributed by atoms with Gasteiger partial charge in [0.2, 0.25) is 0 Å². The monoisotopic (exact) mass is 223 g/mol. The van der Waals surface area contributed by atoms with E-state index in [0.717, 1.165) is 5.56 Å². The summed E-state index contributed by atoms with van der Waals surface area (Å²) < 4.78 is 10.4. The molecule has 78 valence electrons. The second-order valence-corrected chi connectivity index (χ2v) is 3.52. The lowest BCUT2D eigenvalue weighted by molar-refractivity contribution is 0.299. The van der Waals surface area contributed by atoms with Crippen LogP contribution in [0.4, 0.5) is 0 Å². The average molecular weight is 224 g/mol. The van der Waals surface area contributed by atoms with Crippen LogP contribution in [-0.2, 0) is 0 Å². The molecule has 0 aliphatic rings. The number of halogens is 1. The molecule has 0 amide bonds. The van der Waals surface area contributed by atoms with Crippen LogP contribution in [0.2, 0.25) is 5.02 Å². The molecule has 1 aromatic carbocycles. The van der Waals surface area contributed by atoms with Gasteiger partial charge in [-0.05, 0) is 12.1 Å². The van der Waals surface area contributed by atoms with Gasteiger partial charge in [-0.1, -0.05) is 23.7 Å². The molecule has 0 saturated carbocycles. The summed E-state index contributed by atoms with van der Waals surface area (Å²) in [6.45, 7) is 1.78. The molecule has 0 aliphatic carbocycles. The molecule has 0 radical (unpaired) electrons. The number of ether oxygens (including phenoxy) is 1. The van der Waals surface area contributed by atoms with Crippen molar-refractivity contribution in [1.82, 2.24) is 4.98 Å². The normalized spacial score (nSPS) is 10.3. The molecule has 0 aliphatic heterocycles. The van der Waals surface area contributed by atoms with Crippen molar-refractivity contribution in [3.05, 3.63) is 35.2 Å². The Hall–Kier alpha value is -1.48. The van der Waals surface area contributed by atoms with Crippen LogP contribution >= 0.6 is 11.6 Å². The molecule has 0 atom stereocenters. The second-order valence-electron chi connectivity index (χ2n) is 3.08. The quantitative estimate of drug-likeness (QED) is 0.784. The maximum absolute atomic E-state index is 5.80. The van der Waals surface area contributed by atoms with Gasteiger partial charge < -0.3 is 9.15 Å². The number of rotatable bonds is 2. The first-order chi connectivity index (χ1) is 7.20. The summed E-state index contributed by atoms with van der Waals surface area (Å²) in [7, 11) is 1.55. The molecular weight excluding hydrogens is 214 g/mol. The number of hydrogen-bond donors (Lipinski definition) is 0. The molecule has 0 N–H and O–H groups in total. The van der Waals surface area contributed by atoms with Gasteiger partial charge in [0.05, 0.1) is 7.11 Å². The SMILES string of the molecule is COc1oc(C)nc1-c1ccc(Cl)cc1. The van der Waals surface area contributed by atoms with Crippen molar-refractivity contribution in [3.8, 4) is 17.2 Å². The molecular formula is C11H10ClNO2. The van der Waals surface area contributed by atoms with Gasteiger partial charge in [0.25, 0.3) is 0 Å². The van der Waals surface area contributed by atoms with E-state index < -0.39 is 0 Å². The molecule has 0 spiro atoms. The summed E-state index contributed by atoms with van der Waals surface area (Å²) >= 11 is 5.80. The summed E-state index contributed by atoms with van der Waals surface area (Å²) in [4.78, 5) is 4.25. The molecule has 15 heavy (non-hydrogen) atoms. The summed E-state index contributed by atoms with van der Waals surface area (Å²) in [5.41, 5.74) is 1.62. The van der Waals surface area contributed by atoms with Crippen LogP contribution in [0, 0.1) is 6.92 Å². The zero-order valence-electron chi connectivity index (χ0n) is 8.45. The number of aromatic nitrogens is 1. The van der Waals surface area contributed by atoms with Crippen molar-refractivity contribution in [2.24, 2.45) is 0 Å². The fourth-order valence-electron chi connectivity index (χ4n) is 1.34. The highest BCUT2D eigenvalue weighted by molar-refractivity contribution is 6.30. The van der Waals surface area contributed by atoms with Crippen LogP contribution in [-0.4, -0.2) is 12.1 Å². The Labute approximate surface area is 92.6 Å². The first-order valence-electron chi connectivity index (χ1n) is 4.48. The first kappa shape index (κ1) is 10.1. The number of methoxy groups -OCH3 is 1. The molecule has 0 fully saturated rings. The van der Waals surface area contributed by atoms with E-state index >= 15 is 0 Å².